The Morgan fingerprint density at radius 1 is 1.15 bits per heavy atom. The number of hydrogen-bond donors (Lipinski definition) is 2. The van der Waals surface area contributed by atoms with E-state index >= 15 is 0 Å². The van der Waals surface area contributed by atoms with Crippen LogP contribution in [0.1, 0.15) is 29.8 Å². The van der Waals surface area contributed by atoms with Crippen molar-refractivity contribution in [3.8, 4) is 11.5 Å². The number of amides is 2. The zero-order valence-corrected chi connectivity index (χ0v) is 14.9. The quantitative estimate of drug-likeness (QED) is 0.590. The number of anilines is 1. The van der Waals surface area contributed by atoms with Gasteiger partial charge in [-0.15, -0.1) is 0 Å². The first-order valence-electron chi connectivity index (χ1n) is 8.05. The van der Waals surface area contributed by atoms with Gasteiger partial charge in [0.05, 0.1) is 19.9 Å². The molecule has 0 bridgehead atoms. The number of nitrogens with one attached hydrogen (secondary N) is 2. The van der Waals surface area contributed by atoms with Crippen molar-refractivity contribution in [3.05, 3.63) is 53.6 Å². The van der Waals surface area contributed by atoms with E-state index in [-0.39, 0.29) is 11.8 Å². The van der Waals surface area contributed by atoms with Crippen molar-refractivity contribution >= 4 is 23.7 Å². The molecule has 0 saturated heterocycles. The van der Waals surface area contributed by atoms with E-state index in [0.717, 1.165) is 5.56 Å². The van der Waals surface area contributed by atoms with E-state index in [0.29, 0.717) is 29.4 Å². The minimum Gasteiger partial charge on any atom is -0.493 e. The van der Waals surface area contributed by atoms with Crippen LogP contribution in [-0.2, 0) is 4.79 Å². The average molecular weight is 355 g/mol. The van der Waals surface area contributed by atoms with Gasteiger partial charge in [0.15, 0.2) is 11.5 Å². The van der Waals surface area contributed by atoms with E-state index in [9.17, 15) is 9.59 Å². The largest absolute Gasteiger partial charge is 0.493 e. The number of ether oxygens (including phenoxy) is 2. The van der Waals surface area contributed by atoms with Crippen LogP contribution in [0.2, 0.25) is 0 Å². The maximum absolute atomic E-state index is 12.2. The van der Waals surface area contributed by atoms with Crippen LogP contribution in [-0.4, -0.2) is 31.7 Å². The predicted octanol–water partition coefficient (Wildman–Crippen LogP) is 2.82. The lowest BCUT2D eigenvalue weighted by atomic mass is 10.2. The van der Waals surface area contributed by atoms with Crippen molar-refractivity contribution in [3.63, 3.8) is 0 Å². The third-order valence-corrected chi connectivity index (χ3v) is 3.31. The number of benzene rings is 2. The second kappa shape index (κ2) is 9.22. The van der Waals surface area contributed by atoms with Crippen molar-refractivity contribution in [1.82, 2.24) is 5.43 Å². The van der Waals surface area contributed by atoms with Gasteiger partial charge in [0.1, 0.15) is 0 Å². The fraction of sp³-hybridized carbons (Fsp3) is 0.211. The summed E-state index contributed by atoms with van der Waals surface area (Å²) in [5.41, 5.74) is 4.13. The summed E-state index contributed by atoms with van der Waals surface area (Å²) in [6.45, 7) is 3.84. The van der Waals surface area contributed by atoms with Gasteiger partial charge in [0, 0.05) is 18.2 Å². The minimum atomic E-state index is -0.383. The van der Waals surface area contributed by atoms with Gasteiger partial charge < -0.3 is 14.8 Å². The molecule has 2 amide bonds. The Labute approximate surface area is 152 Å². The van der Waals surface area contributed by atoms with Crippen LogP contribution in [0.4, 0.5) is 5.69 Å². The minimum absolute atomic E-state index is 0.204. The lowest BCUT2D eigenvalue weighted by Gasteiger charge is -2.09. The molecule has 2 N–H and O–H groups in total. The monoisotopic (exact) mass is 355 g/mol. The summed E-state index contributed by atoms with van der Waals surface area (Å²) in [7, 11) is 1.56. The van der Waals surface area contributed by atoms with Crippen LogP contribution < -0.4 is 20.2 Å². The number of nitrogens with zero attached hydrogens (tertiary/aromatic N) is 1. The lowest BCUT2D eigenvalue weighted by molar-refractivity contribution is -0.114. The van der Waals surface area contributed by atoms with E-state index in [4.69, 9.17) is 9.47 Å². The molecule has 136 valence electrons. The van der Waals surface area contributed by atoms with Gasteiger partial charge in [-0.05, 0) is 48.9 Å². The van der Waals surface area contributed by atoms with Gasteiger partial charge in [0.2, 0.25) is 5.91 Å². The first-order chi connectivity index (χ1) is 12.5. The molecule has 0 unspecified atom stereocenters. The Hall–Kier alpha value is -3.35. The smallest absolute Gasteiger partial charge is 0.271 e. The Bertz CT molecular complexity index is 818. The third-order valence-electron chi connectivity index (χ3n) is 3.31. The van der Waals surface area contributed by atoms with Crippen LogP contribution in [0.5, 0.6) is 11.5 Å². The molecule has 2 aromatic carbocycles. The van der Waals surface area contributed by atoms with Crippen molar-refractivity contribution in [2.24, 2.45) is 5.10 Å². The first-order valence-corrected chi connectivity index (χ1v) is 8.05. The molecule has 0 aliphatic heterocycles. The highest BCUT2D eigenvalue weighted by molar-refractivity contribution is 5.97. The summed E-state index contributed by atoms with van der Waals surface area (Å²) in [4.78, 5) is 23.2. The molecule has 2 aromatic rings. The maximum atomic E-state index is 12.2. The molecule has 7 heteroatoms. The van der Waals surface area contributed by atoms with Crippen LogP contribution in [0.3, 0.4) is 0 Å². The number of carbonyl (C=O) groups is 2. The van der Waals surface area contributed by atoms with Crippen molar-refractivity contribution < 1.29 is 19.1 Å². The van der Waals surface area contributed by atoms with E-state index in [2.05, 4.69) is 15.8 Å². The van der Waals surface area contributed by atoms with Crippen LogP contribution >= 0.6 is 0 Å². The summed E-state index contributed by atoms with van der Waals surface area (Å²) in [5.74, 6) is 0.646. The molecule has 0 radical (unpaired) electrons. The average Bonchev–Trinajstić information content (AvgIpc) is 2.62. The standard InChI is InChI=1S/C19H21N3O4/c1-4-26-17-9-8-14(10-18(17)25-3)12-20-22-19(24)15-6-5-7-16(11-15)21-13(2)23/h5-12H,4H2,1-3H3,(H,21,23)(H,22,24). The molecule has 26 heavy (non-hydrogen) atoms. The van der Waals surface area contributed by atoms with Crippen molar-refractivity contribution in [2.45, 2.75) is 13.8 Å². The fourth-order valence-corrected chi connectivity index (χ4v) is 2.21. The second-order valence-electron chi connectivity index (χ2n) is 5.30. The molecular formula is C19H21N3O4. The van der Waals surface area contributed by atoms with Crippen molar-refractivity contribution in [2.75, 3.05) is 19.0 Å². The molecule has 0 fully saturated rings. The molecule has 0 heterocycles. The molecule has 0 spiro atoms. The fourth-order valence-electron chi connectivity index (χ4n) is 2.21. The highest BCUT2D eigenvalue weighted by Crippen LogP contribution is 2.27. The summed E-state index contributed by atoms with van der Waals surface area (Å²) in [6, 6.07) is 11.9. The van der Waals surface area contributed by atoms with Crippen LogP contribution in [0.25, 0.3) is 0 Å². The topological polar surface area (TPSA) is 89.0 Å². The Kier molecular flexibility index (Phi) is 6.73. The third kappa shape index (κ3) is 5.34. The van der Waals surface area contributed by atoms with Gasteiger partial charge in [-0.25, -0.2) is 5.43 Å². The summed E-state index contributed by atoms with van der Waals surface area (Å²) >= 11 is 0. The Morgan fingerprint density at radius 2 is 1.96 bits per heavy atom. The molecule has 0 aromatic heterocycles. The van der Waals surface area contributed by atoms with E-state index in [1.165, 1.54) is 13.1 Å². The molecule has 7 nitrogen and oxygen atoms in total. The number of methoxy groups -OCH3 is 1. The second-order valence-corrected chi connectivity index (χ2v) is 5.30. The molecular weight excluding hydrogens is 334 g/mol. The van der Waals surface area contributed by atoms with Crippen molar-refractivity contribution in [1.29, 1.82) is 0 Å². The lowest BCUT2D eigenvalue weighted by Crippen LogP contribution is -2.18. The number of rotatable bonds is 7. The number of carbonyl (C=O) groups excluding carboxylic acids is 2. The SMILES string of the molecule is CCOc1ccc(C=NNC(=O)c2cccc(NC(C)=O)c2)cc1OC. The van der Waals surface area contributed by atoms with Gasteiger partial charge in [-0.1, -0.05) is 6.07 Å². The van der Waals surface area contributed by atoms with Crippen LogP contribution in [0, 0.1) is 0 Å². The van der Waals surface area contributed by atoms with Crippen LogP contribution in [0.15, 0.2) is 47.6 Å². The normalized spacial score (nSPS) is 10.4. The Morgan fingerprint density at radius 3 is 2.65 bits per heavy atom. The van der Waals surface area contributed by atoms with Gasteiger partial charge in [-0.2, -0.15) is 5.10 Å². The summed E-state index contributed by atoms with van der Waals surface area (Å²) < 4.78 is 10.7. The molecule has 0 atom stereocenters. The van der Waals surface area contributed by atoms with E-state index < -0.39 is 0 Å². The van der Waals surface area contributed by atoms with Gasteiger partial charge in [-0.3, -0.25) is 9.59 Å². The zero-order valence-electron chi connectivity index (χ0n) is 14.9. The molecule has 0 saturated carbocycles. The number of hydrogen-bond acceptors (Lipinski definition) is 5. The zero-order chi connectivity index (χ0) is 18.9. The molecule has 0 aliphatic rings. The Balaban J connectivity index is 2.03. The maximum Gasteiger partial charge on any atom is 0.271 e. The highest BCUT2D eigenvalue weighted by atomic mass is 16.5. The molecule has 0 aliphatic carbocycles. The molecule has 2 rings (SSSR count). The van der Waals surface area contributed by atoms with Gasteiger partial charge in [0.25, 0.3) is 5.91 Å². The number of hydrazone groups is 1. The van der Waals surface area contributed by atoms with E-state index in [1.54, 1.807) is 49.6 Å². The highest BCUT2D eigenvalue weighted by Gasteiger charge is 2.07. The summed E-state index contributed by atoms with van der Waals surface area (Å²) in [5, 5.41) is 6.58. The van der Waals surface area contributed by atoms with Gasteiger partial charge >= 0.3 is 0 Å². The predicted molar refractivity (Wildman–Crippen MR) is 100.0 cm³/mol. The van der Waals surface area contributed by atoms with E-state index in [1.807, 2.05) is 6.92 Å². The summed E-state index contributed by atoms with van der Waals surface area (Å²) in [6.07, 6.45) is 1.51. The first kappa shape index (κ1) is 19.0.